The topological polar surface area (TPSA) is 119 Å². The molecular formula is C21H23F3N6O2. The lowest BCUT2D eigenvalue weighted by molar-refractivity contribution is -0.192. The summed E-state index contributed by atoms with van der Waals surface area (Å²) in [5.74, 6) is -1.34. The van der Waals surface area contributed by atoms with Crippen LogP contribution in [-0.4, -0.2) is 37.0 Å². The first-order chi connectivity index (χ1) is 15.2. The molecule has 11 heteroatoms. The van der Waals surface area contributed by atoms with Gasteiger partial charge >= 0.3 is 12.1 Å². The number of aliphatic carboxylic acids is 1. The molecule has 0 saturated heterocycles. The van der Waals surface area contributed by atoms with E-state index in [9.17, 15) is 13.2 Å². The summed E-state index contributed by atoms with van der Waals surface area (Å²) in [5.41, 5.74) is 10.6. The average Bonchev–Trinajstić information content (AvgIpc) is 3.28. The van der Waals surface area contributed by atoms with Crippen LogP contribution in [0.5, 0.6) is 0 Å². The lowest BCUT2D eigenvalue weighted by atomic mass is 9.86. The van der Waals surface area contributed by atoms with E-state index < -0.39 is 12.1 Å². The minimum Gasteiger partial charge on any atom is -0.475 e. The van der Waals surface area contributed by atoms with Gasteiger partial charge in [0, 0.05) is 30.7 Å². The zero-order valence-electron chi connectivity index (χ0n) is 17.3. The van der Waals surface area contributed by atoms with Gasteiger partial charge in [0.25, 0.3) is 0 Å². The van der Waals surface area contributed by atoms with Crippen molar-refractivity contribution >= 4 is 11.9 Å². The second kappa shape index (κ2) is 9.77. The molecule has 1 aromatic carbocycles. The first-order valence-corrected chi connectivity index (χ1v) is 9.91. The van der Waals surface area contributed by atoms with E-state index in [2.05, 4.69) is 38.6 Å². The van der Waals surface area contributed by atoms with E-state index in [1.807, 2.05) is 25.3 Å². The van der Waals surface area contributed by atoms with Crippen LogP contribution in [0.15, 0.2) is 42.7 Å². The number of nitrogens with two attached hydrogens (primary N) is 1. The molecule has 0 amide bonds. The molecule has 0 aliphatic heterocycles. The quantitative estimate of drug-likeness (QED) is 0.558. The Balaban J connectivity index is 0.000000360. The van der Waals surface area contributed by atoms with Crippen LogP contribution in [0.1, 0.15) is 41.3 Å². The smallest absolute Gasteiger partial charge is 0.475 e. The maximum atomic E-state index is 10.6. The van der Waals surface area contributed by atoms with Crippen molar-refractivity contribution in [2.75, 3.05) is 5.32 Å². The highest BCUT2D eigenvalue weighted by atomic mass is 19.4. The average molecular weight is 448 g/mol. The predicted molar refractivity (Wildman–Crippen MR) is 111 cm³/mol. The minimum absolute atomic E-state index is 0.225. The van der Waals surface area contributed by atoms with Gasteiger partial charge in [-0.3, -0.25) is 0 Å². The largest absolute Gasteiger partial charge is 0.490 e. The third-order valence-electron chi connectivity index (χ3n) is 4.88. The van der Waals surface area contributed by atoms with Crippen LogP contribution in [0.4, 0.5) is 19.1 Å². The third-order valence-corrected chi connectivity index (χ3v) is 4.88. The minimum atomic E-state index is -5.08. The Kier molecular flexibility index (Phi) is 7.08. The van der Waals surface area contributed by atoms with E-state index in [1.165, 1.54) is 16.7 Å². The number of aryl methyl sites for hydroxylation is 2. The molecule has 1 aliphatic carbocycles. The number of hydrogen-bond donors (Lipinski definition) is 3. The number of aromatic nitrogens is 4. The van der Waals surface area contributed by atoms with Gasteiger partial charge in [-0.15, -0.1) is 0 Å². The van der Waals surface area contributed by atoms with Crippen LogP contribution in [0.25, 0.3) is 5.82 Å². The van der Waals surface area contributed by atoms with Crippen molar-refractivity contribution in [3.63, 3.8) is 0 Å². The normalized spacial score (nSPS) is 15.3. The number of benzene rings is 1. The number of alkyl halides is 3. The van der Waals surface area contributed by atoms with E-state index in [-0.39, 0.29) is 6.04 Å². The Morgan fingerprint density at radius 1 is 1.31 bits per heavy atom. The Morgan fingerprint density at radius 3 is 2.69 bits per heavy atom. The monoisotopic (exact) mass is 448 g/mol. The number of carboxylic acid groups (broad SMARTS) is 1. The molecule has 0 fully saturated rings. The van der Waals surface area contributed by atoms with Crippen molar-refractivity contribution in [1.82, 2.24) is 19.7 Å². The molecule has 1 atom stereocenters. The highest BCUT2D eigenvalue weighted by Crippen LogP contribution is 2.32. The van der Waals surface area contributed by atoms with Gasteiger partial charge in [-0.25, -0.2) is 14.5 Å². The Morgan fingerprint density at radius 2 is 2.06 bits per heavy atom. The molecule has 0 radical (unpaired) electrons. The summed E-state index contributed by atoms with van der Waals surface area (Å²) in [4.78, 5) is 18.1. The van der Waals surface area contributed by atoms with E-state index in [1.54, 1.807) is 10.9 Å². The standard InChI is InChI=1S/C19H22N6.C2HF3O2/c1-13-10-18(25-9-3-8-21-25)24-19(22-13)23-17-5-2-4-15-11-14(12-20)6-7-16(15)17;3-2(4,5)1(6)7/h3,6-11,17H,2,4-5,12,20H2,1H3,(H,22,23,24);(H,6,7). The predicted octanol–water partition coefficient (Wildman–Crippen LogP) is 3.55. The summed E-state index contributed by atoms with van der Waals surface area (Å²) in [5, 5.41) is 14.9. The molecule has 3 aromatic rings. The molecule has 4 rings (SSSR count). The zero-order chi connectivity index (χ0) is 23.3. The van der Waals surface area contributed by atoms with Gasteiger partial charge in [0.05, 0.1) is 6.04 Å². The van der Waals surface area contributed by atoms with Gasteiger partial charge in [0.2, 0.25) is 5.95 Å². The molecule has 2 heterocycles. The lowest BCUT2D eigenvalue weighted by Crippen LogP contribution is -2.21. The summed E-state index contributed by atoms with van der Waals surface area (Å²) >= 11 is 0. The number of anilines is 1. The number of fused-ring (bicyclic) bond motifs is 1. The molecule has 32 heavy (non-hydrogen) atoms. The number of nitrogens with zero attached hydrogens (tertiary/aromatic N) is 4. The van der Waals surface area contributed by atoms with Crippen LogP contribution in [0.2, 0.25) is 0 Å². The van der Waals surface area contributed by atoms with Gasteiger partial charge in [-0.05, 0) is 48.9 Å². The van der Waals surface area contributed by atoms with Gasteiger partial charge < -0.3 is 16.2 Å². The first-order valence-electron chi connectivity index (χ1n) is 9.91. The fraction of sp³-hybridized carbons (Fsp3) is 0.333. The molecule has 1 unspecified atom stereocenters. The number of halogens is 3. The maximum Gasteiger partial charge on any atom is 0.490 e. The molecule has 8 nitrogen and oxygen atoms in total. The summed E-state index contributed by atoms with van der Waals surface area (Å²) < 4.78 is 33.5. The zero-order valence-corrected chi connectivity index (χ0v) is 17.3. The van der Waals surface area contributed by atoms with Crippen molar-refractivity contribution in [2.24, 2.45) is 5.73 Å². The fourth-order valence-corrected chi connectivity index (χ4v) is 3.44. The van der Waals surface area contributed by atoms with Crippen molar-refractivity contribution < 1.29 is 23.1 Å². The molecule has 1 aliphatic rings. The maximum absolute atomic E-state index is 10.6. The molecule has 0 bridgehead atoms. The second-order valence-corrected chi connectivity index (χ2v) is 7.27. The van der Waals surface area contributed by atoms with Crippen LogP contribution < -0.4 is 11.1 Å². The van der Waals surface area contributed by atoms with Crippen molar-refractivity contribution in [3.8, 4) is 5.82 Å². The van der Waals surface area contributed by atoms with Crippen molar-refractivity contribution in [1.29, 1.82) is 0 Å². The summed E-state index contributed by atoms with van der Waals surface area (Å²) in [6.07, 6.45) is 1.88. The van der Waals surface area contributed by atoms with E-state index >= 15 is 0 Å². The highest BCUT2D eigenvalue weighted by molar-refractivity contribution is 5.73. The van der Waals surface area contributed by atoms with Crippen LogP contribution in [-0.2, 0) is 17.8 Å². The van der Waals surface area contributed by atoms with Crippen molar-refractivity contribution in [2.45, 2.75) is 44.9 Å². The Hall–Kier alpha value is -3.47. The number of nitrogens with one attached hydrogen (secondary N) is 1. The molecule has 170 valence electrons. The first kappa shape index (κ1) is 23.2. The SMILES string of the molecule is Cc1cc(-n2cccn2)nc(NC2CCCc3cc(CN)ccc32)n1.O=C(O)C(F)(F)F. The van der Waals surface area contributed by atoms with Crippen LogP contribution in [0.3, 0.4) is 0 Å². The number of rotatable bonds is 4. The Labute approximate surface area is 182 Å². The second-order valence-electron chi connectivity index (χ2n) is 7.27. The fourth-order valence-electron chi connectivity index (χ4n) is 3.44. The third kappa shape index (κ3) is 5.82. The number of carboxylic acids is 1. The summed E-state index contributed by atoms with van der Waals surface area (Å²) in [7, 11) is 0. The van der Waals surface area contributed by atoms with E-state index in [0.717, 1.165) is 30.8 Å². The molecule has 2 aromatic heterocycles. The molecule has 0 spiro atoms. The highest BCUT2D eigenvalue weighted by Gasteiger charge is 2.38. The molecule has 0 saturated carbocycles. The van der Waals surface area contributed by atoms with E-state index in [0.29, 0.717) is 12.5 Å². The summed E-state index contributed by atoms with van der Waals surface area (Å²) in [6, 6.07) is 10.6. The van der Waals surface area contributed by atoms with Gasteiger partial charge in [0.1, 0.15) is 0 Å². The van der Waals surface area contributed by atoms with E-state index in [4.69, 9.17) is 15.6 Å². The van der Waals surface area contributed by atoms with Crippen LogP contribution in [0, 0.1) is 6.92 Å². The van der Waals surface area contributed by atoms with Crippen molar-refractivity contribution in [3.05, 3.63) is 65.1 Å². The molecular weight excluding hydrogens is 425 g/mol. The van der Waals surface area contributed by atoms with Gasteiger partial charge in [-0.2, -0.15) is 23.3 Å². The lowest BCUT2D eigenvalue weighted by Gasteiger charge is -2.27. The van der Waals surface area contributed by atoms with Gasteiger partial charge in [-0.1, -0.05) is 18.2 Å². The summed E-state index contributed by atoms with van der Waals surface area (Å²) in [6.45, 7) is 2.56. The van der Waals surface area contributed by atoms with Gasteiger partial charge in [0.15, 0.2) is 5.82 Å². The number of hydrogen-bond acceptors (Lipinski definition) is 6. The molecule has 4 N–H and O–H groups in total. The number of carbonyl (C=O) groups is 1. The Bertz CT molecular complexity index is 1070. The van der Waals surface area contributed by atoms with Crippen LogP contribution >= 0.6 is 0 Å².